The highest BCUT2D eigenvalue weighted by atomic mass is 19.1. The summed E-state index contributed by atoms with van der Waals surface area (Å²) in [5.41, 5.74) is 4.35. The fourth-order valence-electron chi connectivity index (χ4n) is 5.21. The molecule has 0 bridgehead atoms. The number of hydrogen-bond acceptors (Lipinski definition) is 1. The number of rotatable bonds is 7. The second kappa shape index (κ2) is 10.8. The molecule has 1 saturated carbocycles. The number of hydrogen-bond donors (Lipinski definition) is 0. The molecule has 0 aromatic heterocycles. The molecule has 0 N–H and O–H groups in total. The topological polar surface area (TPSA) is 23.8 Å². The van der Waals surface area contributed by atoms with Crippen LogP contribution in [0.5, 0.6) is 0 Å². The molecule has 1 unspecified atom stereocenters. The SMILES string of the molecule is CC(Cc1ccc(C2CCC(CCc3cc(F)c(C#N)c(F)c3)CC2)cc1)c1ccccc1. The zero-order valence-corrected chi connectivity index (χ0v) is 19.2. The molecule has 0 saturated heterocycles. The first-order valence-corrected chi connectivity index (χ1v) is 12.0. The molecule has 0 heterocycles. The normalized spacial score (nSPS) is 19.1. The highest BCUT2D eigenvalue weighted by Crippen LogP contribution is 2.38. The van der Waals surface area contributed by atoms with E-state index in [4.69, 9.17) is 5.26 Å². The van der Waals surface area contributed by atoms with Crippen LogP contribution >= 0.6 is 0 Å². The van der Waals surface area contributed by atoms with Gasteiger partial charge in [0.25, 0.3) is 0 Å². The first-order chi connectivity index (χ1) is 16.0. The second-order valence-electron chi connectivity index (χ2n) is 9.56. The Morgan fingerprint density at radius 1 is 0.879 bits per heavy atom. The Bertz CT molecular complexity index is 1070. The van der Waals surface area contributed by atoms with Crippen LogP contribution in [-0.2, 0) is 12.8 Å². The van der Waals surface area contributed by atoms with Gasteiger partial charge in [0.05, 0.1) is 0 Å². The number of nitriles is 1. The molecule has 0 spiro atoms. The van der Waals surface area contributed by atoms with Gasteiger partial charge in [-0.25, -0.2) is 8.78 Å². The summed E-state index contributed by atoms with van der Waals surface area (Å²) in [6.07, 6.45) is 7.28. The van der Waals surface area contributed by atoms with Gasteiger partial charge in [0, 0.05) is 0 Å². The molecule has 0 aliphatic heterocycles. The van der Waals surface area contributed by atoms with Crippen molar-refractivity contribution in [3.8, 4) is 6.07 Å². The summed E-state index contributed by atoms with van der Waals surface area (Å²) in [6.45, 7) is 2.28. The first-order valence-electron chi connectivity index (χ1n) is 12.0. The summed E-state index contributed by atoms with van der Waals surface area (Å²) in [7, 11) is 0. The molecule has 3 aromatic carbocycles. The van der Waals surface area contributed by atoms with Gasteiger partial charge in [-0.3, -0.25) is 0 Å². The van der Waals surface area contributed by atoms with Crippen molar-refractivity contribution in [2.75, 3.05) is 0 Å². The third-order valence-corrected chi connectivity index (χ3v) is 7.26. The molecule has 1 aliphatic carbocycles. The van der Waals surface area contributed by atoms with Crippen LogP contribution in [0.15, 0.2) is 66.7 Å². The van der Waals surface area contributed by atoms with Crippen LogP contribution < -0.4 is 0 Å². The molecule has 4 rings (SSSR count). The monoisotopic (exact) mass is 443 g/mol. The van der Waals surface area contributed by atoms with Gasteiger partial charge in [-0.1, -0.05) is 61.5 Å². The van der Waals surface area contributed by atoms with E-state index in [-0.39, 0.29) is 0 Å². The van der Waals surface area contributed by atoms with E-state index in [1.54, 1.807) is 6.07 Å². The van der Waals surface area contributed by atoms with Gasteiger partial charge in [0.15, 0.2) is 0 Å². The van der Waals surface area contributed by atoms with Crippen LogP contribution in [-0.4, -0.2) is 0 Å². The zero-order chi connectivity index (χ0) is 23.2. The second-order valence-corrected chi connectivity index (χ2v) is 9.56. The zero-order valence-electron chi connectivity index (χ0n) is 19.2. The Morgan fingerprint density at radius 3 is 2.12 bits per heavy atom. The standard InChI is InChI=1S/C30H31F2N/c1-21(25-5-3-2-4-6-25)17-23-11-15-27(16-12-23)26-13-9-22(10-14-26)7-8-24-18-29(31)28(20-33)30(32)19-24/h2-6,11-12,15-16,18-19,21-22,26H,7-10,13-14,17H2,1H3. The van der Waals surface area contributed by atoms with E-state index in [0.717, 1.165) is 25.7 Å². The number of halogens is 2. The maximum absolute atomic E-state index is 13.8. The smallest absolute Gasteiger partial charge is 0.144 e. The fraction of sp³-hybridized carbons (Fsp3) is 0.367. The van der Waals surface area contributed by atoms with E-state index in [1.165, 1.54) is 41.7 Å². The van der Waals surface area contributed by atoms with Crippen molar-refractivity contribution in [2.45, 2.75) is 63.7 Å². The molecule has 0 radical (unpaired) electrons. The minimum atomic E-state index is -0.752. The third kappa shape index (κ3) is 5.88. The van der Waals surface area contributed by atoms with Gasteiger partial charge < -0.3 is 0 Å². The van der Waals surface area contributed by atoms with Crippen LogP contribution in [0, 0.1) is 28.9 Å². The molecular weight excluding hydrogens is 412 g/mol. The highest BCUT2D eigenvalue weighted by Gasteiger charge is 2.22. The predicted molar refractivity (Wildman–Crippen MR) is 129 cm³/mol. The Kier molecular flexibility index (Phi) is 7.55. The van der Waals surface area contributed by atoms with Crippen molar-refractivity contribution in [3.63, 3.8) is 0 Å². The number of benzene rings is 3. The van der Waals surface area contributed by atoms with Crippen molar-refractivity contribution in [3.05, 3.63) is 106 Å². The molecule has 0 amide bonds. The van der Waals surface area contributed by atoms with E-state index in [2.05, 4.69) is 61.5 Å². The van der Waals surface area contributed by atoms with Crippen molar-refractivity contribution >= 4 is 0 Å². The molecular formula is C30H31F2N. The molecule has 33 heavy (non-hydrogen) atoms. The van der Waals surface area contributed by atoms with Gasteiger partial charge in [0.2, 0.25) is 0 Å². The quantitative estimate of drug-likeness (QED) is 0.362. The van der Waals surface area contributed by atoms with E-state index in [0.29, 0.717) is 29.7 Å². The lowest BCUT2D eigenvalue weighted by atomic mass is 9.76. The summed E-state index contributed by atoms with van der Waals surface area (Å²) >= 11 is 0. The minimum absolute atomic E-state index is 0.486. The summed E-state index contributed by atoms with van der Waals surface area (Å²) in [4.78, 5) is 0. The van der Waals surface area contributed by atoms with Crippen LogP contribution in [0.1, 0.15) is 78.7 Å². The van der Waals surface area contributed by atoms with Crippen molar-refractivity contribution in [1.82, 2.24) is 0 Å². The van der Waals surface area contributed by atoms with Crippen molar-refractivity contribution < 1.29 is 8.78 Å². The van der Waals surface area contributed by atoms with Crippen molar-refractivity contribution in [1.29, 1.82) is 5.26 Å². The molecule has 170 valence electrons. The lowest BCUT2D eigenvalue weighted by Gasteiger charge is -2.29. The number of nitrogens with zero attached hydrogens (tertiary/aromatic N) is 1. The van der Waals surface area contributed by atoms with E-state index < -0.39 is 17.2 Å². The lowest BCUT2D eigenvalue weighted by Crippen LogP contribution is -2.14. The average Bonchev–Trinajstić information content (AvgIpc) is 2.84. The fourth-order valence-corrected chi connectivity index (χ4v) is 5.21. The molecule has 1 atom stereocenters. The van der Waals surface area contributed by atoms with Gasteiger partial charge in [-0.15, -0.1) is 0 Å². The van der Waals surface area contributed by atoms with Crippen LogP contribution in [0.25, 0.3) is 0 Å². The Hall–Kier alpha value is -2.99. The maximum atomic E-state index is 13.8. The molecule has 1 nitrogen and oxygen atoms in total. The molecule has 3 heteroatoms. The van der Waals surface area contributed by atoms with E-state index >= 15 is 0 Å². The summed E-state index contributed by atoms with van der Waals surface area (Å²) in [5.74, 6) is 0.196. The molecule has 1 fully saturated rings. The average molecular weight is 444 g/mol. The van der Waals surface area contributed by atoms with Crippen LogP contribution in [0.3, 0.4) is 0 Å². The van der Waals surface area contributed by atoms with Gasteiger partial charge in [-0.2, -0.15) is 5.26 Å². The summed E-state index contributed by atoms with van der Waals surface area (Å²) < 4.78 is 27.7. The summed E-state index contributed by atoms with van der Waals surface area (Å²) in [5, 5.41) is 8.81. The van der Waals surface area contributed by atoms with E-state index in [9.17, 15) is 8.78 Å². The van der Waals surface area contributed by atoms with Gasteiger partial charge in [-0.05, 0) is 97.1 Å². The Labute approximate surface area is 196 Å². The first kappa shape index (κ1) is 23.2. The minimum Gasteiger partial charge on any atom is -0.205 e. The van der Waals surface area contributed by atoms with Gasteiger partial charge in [0.1, 0.15) is 23.3 Å². The molecule has 3 aromatic rings. The third-order valence-electron chi connectivity index (χ3n) is 7.26. The maximum Gasteiger partial charge on any atom is 0.144 e. The Morgan fingerprint density at radius 2 is 1.52 bits per heavy atom. The van der Waals surface area contributed by atoms with Crippen molar-refractivity contribution in [2.24, 2.45) is 5.92 Å². The van der Waals surface area contributed by atoms with Crippen LogP contribution in [0.2, 0.25) is 0 Å². The largest absolute Gasteiger partial charge is 0.205 e. The van der Waals surface area contributed by atoms with Gasteiger partial charge >= 0.3 is 0 Å². The highest BCUT2D eigenvalue weighted by molar-refractivity contribution is 5.35. The molecule has 1 aliphatic rings. The number of aryl methyl sites for hydroxylation is 1. The predicted octanol–water partition coefficient (Wildman–Crippen LogP) is 8.09. The van der Waals surface area contributed by atoms with Crippen LogP contribution in [0.4, 0.5) is 8.78 Å². The van der Waals surface area contributed by atoms with E-state index in [1.807, 2.05) is 0 Å². The lowest BCUT2D eigenvalue weighted by molar-refractivity contribution is 0.310. The Balaban J connectivity index is 1.26. The summed E-state index contributed by atoms with van der Waals surface area (Å²) in [6, 6.07) is 24.1.